The zero-order valence-electron chi connectivity index (χ0n) is 14.6. The molecule has 5 nitrogen and oxygen atoms in total. The average molecular weight is 375 g/mol. The van der Waals surface area contributed by atoms with Crippen LogP contribution < -0.4 is 0 Å². The fourth-order valence-electron chi connectivity index (χ4n) is 3.27. The summed E-state index contributed by atoms with van der Waals surface area (Å²) in [6.45, 7) is 1.35. The van der Waals surface area contributed by atoms with Gasteiger partial charge >= 0.3 is 0 Å². The van der Waals surface area contributed by atoms with Gasteiger partial charge in [-0.25, -0.2) is 4.98 Å². The normalized spacial score (nSPS) is 15.1. The number of likely N-dealkylation sites (tertiary alicyclic amines) is 1. The second-order valence-corrected chi connectivity index (χ2v) is 7.62. The Labute approximate surface area is 160 Å². The fraction of sp³-hybridized carbons (Fsp3) is 0.238. The second-order valence-electron chi connectivity index (χ2n) is 6.56. The number of benzene rings is 2. The van der Waals surface area contributed by atoms with Crippen molar-refractivity contribution in [3.8, 4) is 6.07 Å². The SMILES string of the molecule is N#C[C@H](C(=O)c1ccc(CN2CCCC2=O)cc1)c1nc2ccccc2s1. The number of hydrogen-bond acceptors (Lipinski definition) is 5. The van der Waals surface area contributed by atoms with Crippen molar-refractivity contribution in [3.05, 3.63) is 64.7 Å². The van der Waals surface area contributed by atoms with E-state index in [2.05, 4.69) is 11.1 Å². The van der Waals surface area contributed by atoms with Crippen LogP contribution in [0.1, 0.15) is 39.7 Å². The monoisotopic (exact) mass is 375 g/mol. The van der Waals surface area contributed by atoms with E-state index in [9.17, 15) is 14.9 Å². The number of nitrogens with zero attached hydrogens (tertiary/aromatic N) is 3. The van der Waals surface area contributed by atoms with Gasteiger partial charge in [-0.2, -0.15) is 5.26 Å². The van der Waals surface area contributed by atoms with E-state index in [0.29, 0.717) is 23.5 Å². The highest BCUT2D eigenvalue weighted by Gasteiger charge is 2.25. The molecule has 0 unspecified atom stereocenters. The Balaban J connectivity index is 1.53. The number of para-hydroxylation sites is 1. The molecule has 0 N–H and O–H groups in total. The number of nitriles is 1. The Bertz CT molecular complexity index is 1020. The van der Waals surface area contributed by atoms with Gasteiger partial charge in [-0.3, -0.25) is 9.59 Å². The molecule has 1 aliphatic rings. The quantitative estimate of drug-likeness (QED) is 0.634. The molecule has 1 amide bonds. The molecule has 1 aromatic heterocycles. The maximum atomic E-state index is 12.8. The van der Waals surface area contributed by atoms with Gasteiger partial charge in [0.1, 0.15) is 5.01 Å². The van der Waals surface area contributed by atoms with Crippen molar-refractivity contribution >= 4 is 33.2 Å². The summed E-state index contributed by atoms with van der Waals surface area (Å²) >= 11 is 1.38. The van der Waals surface area contributed by atoms with Crippen molar-refractivity contribution < 1.29 is 9.59 Å². The largest absolute Gasteiger partial charge is 0.338 e. The summed E-state index contributed by atoms with van der Waals surface area (Å²) in [6, 6.07) is 16.9. The van der Waals surface area contributed by atoms with E-state index >= 15 is 0 Å². The predicted molar refractivity (Wildman–Crippen MR) is 103 cm³/mol. The van der Waals surface area contributed by atoms with Crippen LogP contribution >= 0.6 is 11.3 Å². The number of fused-ring (bicyclic) bond motifs is 1. The number of ketones is 1. The molecule has 0 saturated carbocycles. The molecule has 2 aromatic carbocycles. The van der Waals surface area contributed by atoms with E-state index < -0.39 is 5.92 Å². The Kier molecular flexibility index (Phi) is 4.69. The predicted octanol–water partition coefficient (Wildman–Crippen LogP) is 3.91. The third-order valence-electron chi connectivity index (χ3n) is 4.73. The lowest BCUT2D eigenvalue weighted by molar-refractivity contribution is -0.128. The summed E-state index contributed by atoms with van der Waals surface area (Å²) in [5.74, 6) is -0.982. The Morgan fingerprint density at radius 3 is 2.67 bits per heavy atom. The van der Waals surface area contributed by atoms with Crippen LogP contribution in [0.2, 0.25) is 0 Å². The fourth-order valence-corrected chi connectivity index (χ4v) is 4.28. The number of carbonyl (C=O) groups excluding carboxylic acids is 2. The van der Waals surface area contributed by atoms with Gasteiger partial charge in [-0.1, -0.05) is 36.4 Å². The minimum absolute atomic E-state index is 0.176. The number of aromatic nitrogens is 1. The van der Waals surface area contributed by atoms with E-state index in [1.165, 1.54) is 11.3 Å². The number of carbonyl (C=O) groups is 2. The van der Waals surface area contributed by atoms with Gasteiger partial charge < -0.3 is 4.90 Å². The highest BCUT2D eigenvalue weighted by molar-refractivity contribution is 7.18. The van der Waals surface area contributed by atoms with E-state index in [1.54, 1.807) is 12.1 Å². The second kappa shape index (κ2) is 7.29. The van der Waals surface area contributed by atoms with E-state index in [1.807, 2.05) is 41.3 Å². The van der Waals surface area contributed by atoms with E-state index in [-0.39, 0.29) is 11.7 Å². The number of rotatable bonds is 5. The molecule has 4 rings (SSSR count). The van der Waals surface area contributed by atoms with Gasteiger partial charge in [0.25, 0.3) is 0 Å². The van der Waals surface area contributed by atoms with Crippen LogP contribution in [0.25, 0.3) is 10.2 Å². The van der Waals surface area contributed by atoms with Crippen molar-refractivity contribution in [2.24, 2.45) is 0 Å². The molecule has 134 valence electrons. The standard InChI is InChI=1S/C21H17N3O2S/c22-12-16(21-23-17-4-1-2-5-18(17)27-21)20(26)15-9-7-14(8-10-15)13-24-11-3-6-19(24)25/h1-2,4-5,7-10,16H,3,6,11,13H2/t16-/m1/s1. The maximum Gasteiger partial charge on any atom is 0.222 e. The minimum Gasteiger partial charge on any atom is -0.338 e. The highest BCUT2D eigenvalue weighted by Crippen LogP contribution is 2.29. The molecule has 1 aliphatic heterocycles. The minimum atomic E-state index is -0.909. The summed E-state index contributed by atoms with van der Waals surface area (Å²) in [5.41, 5.74) is 2.27. The molecule has 3 aromatic rings. The first-order valence-electron chi connectivity index (χ1n) is 8.82. The highest BCUT2D eigenvalue weighted by atomic mass is 32.1. The summed E-state index contributed by atoms with van der Waals surface area (Å²) < 4.78 is 0.964. The average Bonchev–Trinajstić information content (AvgIpc) is 3.29. The van der Waals surface area contributed by atoms with Gasteiger partial charge in [0, 0.05) is 25.1 Å². The van der Waals surface area contributed by atoms with Gasteiger partial charge in [0.15, 0.2) is 11.7 Å². The van der Waals surface area contributed by atoms with Crippen molar-refractivity contribution in [2.75, 3.05) is 6.54 Å². The molecule has 0 spiro atoms. The molecule has 2 heterocycles. The first-order valence-corrected chi connectivity index (χ1v) is 9.63. The molecule has 1 saturated heterocycles. The topological polar surface area (TPSA) is 74.1 Å². The Morgan fingerprint density at radius 1 is 1.22 bits per heavy atom. The molecule has 0 aliphatic carbocycles. The van der Waals surface area contributed by atoms with E-state index in [0.717, 1.165) is 28.7 Å². The maximum absolute atomic E-state index is 12.8. The Morgan fingerprint density at radius 2 is 2.00 bits per heavy atom. The number of amides is 1. The van der Waals surface area contributed by atoms with Crippen molar-refractivity contribution in [1.82, 2.24) is 9.88 Å². The smallest absolute Gasteiger partial charge is 0.222 e. The van der Waals surface area contributed by atoms with Gasteiger partial charge in [0.2, 0.25) is 5.91 Å². The van der Waals surface area contributed by atoms with Crippen molar-refractivity contribution in [3.63, 3.8) is 0 Å². The van der Waals surface area contributed by atoms with Gasteiger partial charge in [-0.05, 0) is 24.1 Å². The zero-order chi connectivity index (χ0) is 18.8. The van der Waals surface area contributed by atoms with Crippen LogP contribution in [0.4, 0.5) is 0 Å². The first kappa shape index (κ1) is 17.4. The lowest BCUT2D eigenvalue weighted by atomic mass is 9.98. The lowest BCUT2D eigenvalue weighted by Gasteiger charge is -2.15. The van der Waals surface area contributed by atoms with Gasteiger partial charge in [0.05, 0.1) is 16.3 Å². The summed E-state index contributed by atoms with van der Waals surface area (Å²) in [4.78, 5) is 30.9. The molecule has 6 heteroatoms. The number of hydrogen-bond donors (Lipinski definition) is 0. The molecule has 1 fully saturated rings. The third-order valence-corrected chi connectivity index (χ3v) is 5.83. The van der Waals surface area contributed by atoms with Crippen molar-refractivity contribution in [1.29, 1.82) is 5.26 Å². The molecule has 27 heavy (non-hydrogen) atoms. The van der Waals surface area contributed by atoms with Crippen LogP contribution in [-0.4, -0.2) is 28.1 Å². The number of thiazole rings is 1. The van der Waals surface area contributed by atoms with Crippen LogP contribution in [0.3, 0.4) is 0 Å². The molecular formula is C21H17N3O2S. The summed E-state index contributed by atoms with van der Waals surface area (Å²) in [6.07, 6.45) is 1.52. The lowest BCUT2D eigenvalue weighted by Crippen LogP contribution is -2.23. The van der Waals surface area contributed by atoms with Crippen LogP contribution in [0.5, 0.6) is 0 Å². The molecule has 0 bridgehead atoms. The summed E-state index contributed by atoms with van der Waals surface area (Å²) in [5, 5.41) is 10.1. The van der Waals surface area contributed by atoms with Crippen molar-refractivity contribution in [2.45, 2.75) is 25.3 Å². The molecule has 0 radical (unpaired) electrons. The summed E-state index contributed by atoms with van der Waals surface area (Å²) in [7, 11) is 0. The third kappa shape index (κ3) is 3.46. The first-order chi connectivity index (χ1) is 13.2. The van der Waals surface area contributed by atoms with Crippen LogP contribution in [0.15, 0.2) is 48.5 Å². The zero-order valence-corrected chi connectivity index (χ0v) is 15.4. The Hall–Kier alpha value is -3.04. The van der Waals surface area contributed by atoms with Crippen LogP contribution in [0, 0.1) is 11.3 Å². The van der Waals surface area contributed by atoms with Crippen LogP contribution in [-0.2, 0) is 11.3 Å². The number of Topliss-reactive ketones (excluding diaryl/α,β-unsaturated/α-hetero) is 1. The van der Waals surface area contributed by atoms with E-state index in [4.69, 9.17) is 0 Å². The van der Waals surface area contributed by atoms with Gasteiger partial charge in [-0.15, -0.1) is 11.3 Å². The molecule has 1 atom stereocenters. The molecular weight excluding hydrogens is 358 g/mol.